The first kappa shape index (κ1) is 21.5. The molecule has 0 fully saturated rings. The lowest BCUT2D eigenvalue weighted by Crippen LogP contribution is -2.39. The highest BCUT2D eigenvalue weighted by Gasteiger charge is 2.36. The standard InChI is InChI=1S/C20H23BrFN3O4/c1-26-7-8-28-9-10-29-15-4-5-16-19(12-15)23-13-24-20(16,27-2)25-18-6-3-14(21)11-17(18)22/h3-6,11-13,25H,7-10H2,1-2H3,(H,23,24). The van der Waals surface area contributed by atoms with Crippen molar-refractivity contribution in [3.63, 3.8) is 0 Å². The average Bonchev–Trinajstić information content (AvgIpc) is 2.72. The van der Waals surface area contributed by atoms with E-state index in [0.717, 1.165) is 5.69 Å². The first-order valence-electron chi connectivity index (χ1n) is 9.00. The van der Waals surface area contributed by atoms with Gasteiger partial charge in [0.1, 0.15) is 18.2 Å². The first-order chi connectivity index (χ1) is 14.1. The van der Waals surface area contributed by atoms with Crippen LogP contribution in [0.3, 0.4) is 0 Å². The van der Waals surface area contributed by atoms with Gasteiger partial charge in [-0.05, 0) is 30.3 Å². The predicted octanol–water partition coefficient (Wildman–Crippen LogP) is 3.95. The summed E-state index contributed by atoms with van der Waals surface area (Å²) in [6.07, 6.45) is 1.51. The second kappa shape index (κ2) is 10.0. The zero-order valence-electron chi connectivity index (χ0n) is 16.2. The van der Waals surface area contributed by atoms with E-state index >= 15 is 0 Å². The molecule has 0 amide bonds. The summed E-state index contributed by atoms with van der Waals surface area (Å²) in [5, 5.41) is 6.14. The lowest BCUT2D eigenvalue weighted by Gasteiger charge is -2.34. The second-order valence-electron chi connectivity index (χ2n) is 6.16. The first-order valence-corrected chi connectivity index (χ1v) is 9.80. The number of aliphatic imine (C=N–C) groups is 1. The van der Waals surface area contributed by atoms with Gasteiger partial charge in [0.25, 0.3) is 5.85 Å². The molecule has 0 saturated heterocycles. The Labute approximate surface area is 177 Å². The highest BCUT2D eigenvalue weighted by Crippen LogP contribution is 2.38. The summed E-state index contributed by atoms with van der Waals surface area (Å²) >= 11 is 3.26. The van der Waals surface area contributed by atoms with E-state index in [1.54, 1.807) is 19.2 Å². The van der Waals surface area contributed by atoms with Crippen LogP contribution in [0.25, 0.3) is 0 Å². The second-order valence-corrected chi connectivity index (χ2v) is 7.08. The maximum Gasteiger partial charge on any atom is 0.267 e. The number of nitrogens with one attached hydrogen (secondary N) is 2. The number of ether oxygens (including phenoxy) is 4. The molecule has 0 aliphatic carbocycles. The number of anilines is 2. The Morgan fingerprint density at radius 3 is 2.69 bits per heavy atom. The van der Waals surface area contributed by atoms with Gasteiger partial charge in [-0.1, -0.05) is 15.9 Å². The molecule has 1 atom stereocenters. The predicted molar refractivity (Wildman–Crippen MR) is 113 cm³/mol. The molecular formula is C20H23BrFN3O4. The van der Waals surface area contributed by atoms with Crippen LogP contribution < -0.4 is 15.4 Å². The van der Waals surface area contributed by atoms with Gasteiger partial charge < -0.3 is 29.6 Å². The topological polar surface area (TPSA) is 73.3 Å². The maximum absolute atomic E-state index is 14.3. The van der Waals surface area contributed by atoms with E-state index in [0.29, 0.717) is 42.2 Å². The van der Waals surface area contributed by atoms with E-state index in [4.69, 9.17) is 18.9 Å². The van der Waals surface area contributed by atoms with Crippen molar-refractivity contribution in [1.82, 2.24) is 0 Å². The molecule has 1 aliphatic heterocycles. The van der Waals surface area contributed by atoms with E-state index in [-0.39, 0.29) is 5.69 Å². The van der Waals surface area contributed by atoms with Crippen molar-refractivity contribution in [1.29, 1.82) is 0 Å². The smallest absolute Gasteiger partial charge is 0.267 e. The van der Waals surface area contributed by atoms with Crippen molar-refractivity contribution in [3.8, 4) is 5.75 Å². The molecule has 0 aromatic heterocycles. The van der Waals surface area contributed by atoms with Crippen molar-refractivity contribution >= 4 is 33.6 Å². The summed E-state index contributed by atoms with van der Waals surface area (Å²) in [5.74, 6) is -1.02. The SMILES string of the molecule is COCCOCCOc1ccc2c(c1)NC=NC2(Nc1ccc(Br)cc1F)OC. The molecule has 29 heavy (non-hydrogen) atoms. The molecular weight excluding hydrogens is 445 g/mol. The van der Waals surface area contributed by atoms with Gasteiger partial charge in [-0.25, -0.2) is 9.38 Å². The average molecular weight is 468 g/mol. The monoisotopic (exact) mass is 467 g/mol. The lowest BCUT2D eigenvalue weighted by atomic mass is 10.1. The Balaban J connectivity index is 1.74. The molecule has 2 N–H and O–H groups in total. The molecule has 9 heteroatoms. The highest BCUT2D eigenvalue weighted by atomic mass is 79.9. The Bertz CT molecular complexity index is 868. The zero-order valence-corrected chi connectivity index (χ0v) is 17.8. The molecule has 0 bridgehead atoms. The molecule has 156 valence electrons. The molecule has 1 aliphatic rings. The van der Waals surface area contributed by atoms with Gasteiger partial charge in [-0.2, -0.15) is 0 Å². The van der Waals surface area contributed by atoms with Crippen LogP contribution in [0.2, 0.25) is 0 Å². The molecule has 0 spiro atoms. The van der Waals surface area contributed by atoms with Gasteiger partial charge in [0.15, 0.2) is 0 Å². The summed E-state index contributed by atoms with van der Waals surface area (Å²) in [6, 6.07) is 10.2. The highest BCUT2D eigenvalue weighted by molar-refractivity contribution is 9.10. The van der Waals surface area contributed by atoms with Gasteiger partial charge in [0.2, 0.25) is 0 Å². The Kier molecular flexibility index (Phi) is 7.43. The molecule has 7 nitrogen and oxygen atoms in total. The molecule has 0 radical (unpaired) electrons. The molecule has 1 heterocycles. The minimum atomic E-state index is -1.27. The van der Waals surface area contributed by atoms with Crippen LogP contribution in [-0.4, -0.2) is 47.0 Å². The summed E-state index contributed by atoms with van der Waals surface area (Å²) in [6.45, 7) is 1.94. The Morgan fingerprint density at radius 2 is 1.93 bits per heavy atom. The molecule has 2 aromatic rings. The number of methoxy groups -OCH3 is 2. The molecule has 1 unspecified atom stereocenters. The van der Waals surface area contributed by atoms with Gasteiger partial charge in [-0.3, -0.25) is 0 Å². The number of benzene rings is 2. The van der Waals surface area contributed by atoms with Crippen molar-refractivity contribution in [2.24, 2.45) is 4.99 Å². The maximum atomic E-state index is 14.3. The number of hydrogen-bond acceptors (Lipinski definition) is 7. The van der Waals surface area contributed by atoms with E-state index < -0.39 is 11.7 Å². The Hall–Kier alpha value is -2.20. The van der Waals surface area contributed by atoms with E-state index in [1.165, 1.54) is 19.5 Å². The lowest BCUT2D eigenvalue weighted by molar-refractivity contribution is 0.0188. The van der Waals surface area contributed by atoms with Crippen molar-refractivity contribution in [2.45, 2.75) is 5.85 Å². The minimum Gasteiger partial charge on any atom is -0.491 e. The minimum absolute atomic E-state index is 0.272. The van der Waals surface area contributed by atoms with Crippen LogP contribution in [0, 0.1) is 5.82 Å². The largest absolute Gasteiger partial charge is 0.491 e. The fourth-order valence-corrected chi connectivity index (χ4v) is 3.17. The zero-order chi connectivity index (χ0) is 20.7. The summed E-state index contributed by atoms with van der Waals surface area (Å²) in [5.41, 5.74) is 1.71. The third kappa shape index (κ3) is 5.24. The summed E-state index contributed by atoms with van der Waals surface area (Å²) in [7, 11) is 3.14. The van der Waals surface area contributed by atoms with Crippen molar-refractivity contribution in [2.75, 3.05) is 51.3 Å². The summed E-state index contributed by atoms with van der Waals surface area (Å²) in [4.78, 5) is 4.39. The van der Waals surface area contributed by atoms with Crippen molar-refractivity contribution in [3.05, 3.63) is 52.3 Å². The van der Waals surface area contributed by atoms with E-state index in [2.05, 4.69) is 31.6 Å². The van der Waals surface area contributed by atoms with Crippen LogP contribution in [0.1, 0.15) is 5.56 Å². The molecule has 2 aromatic carbocycles. The number of rotatable bonds is 10. The third-order valence-electron chi connectivity index (χ3n) is 4.28. The fourth-order valence-electron chi connectivity index (χ4n) is 2.84. The van der Waals surface area contributed by atoms with Gasteiger partial charge in [-0.15, -0.1) is 0 Å². The number of fused-ring (bicyclic) bond motifs is 1. The number of halogens is 2. The quantitative estimate of drug-likeness (QED) is 0.407. The fraction of sp³-hybridized carbons (Fsp3) is 0.350. The number of nitrogens with zero attached hydrogens (tertiary/aromatic N) is 1. The van der Waals surface area contributed by atoms with Gasteiger partial charge >= 0.3 is 0 Å². The van der Waals surface area contributed by atoms with Crippen LogP contribution in [0.4, 0.5) is 15.8 Å². The van der Waals surface area contributed by atoms with Crippen LogP contribution >= 0.6 is 15.9 Å². The van der Waals surface area contributed by atoms with Gasteiger partial charge in [0.05, 0.1) is 43.1 Å². The van der Waals surface area contributed by atoms with Gasteiger partial charge in [0, 0.05) is 24.8 Å². The summed E-state index contributed by atoms with van der Waals surface area (Å²) < 4.78 is 36.7. The molecule has 3 rings (SSSR count). The van der Waals surface area contributed by atoms with Crippen LogP contribution in [0.15, 0.2) is 45.9 Å². The van der Waals surface area contributed by atoms with Crippen LogP contribution in [-0.2, 0) is 20.1 Å². The van der Waals surface area contributed by atoms with Crippen LogP contribution in [0.5, 0.6) is 5.75 Å². The van der Waals surface area contributed by atoms with E-state index in [9.17, 15) is 4.39 Å². The molecule has 0 saturated carbocycles. The van der Waals surface area contributed by atoms with Crippen molar-refractivity contribution < 1.29 is 23.3 Å². The Morgan fingerprint density at radius 1 is 1.10 bits per heavy atom. The normalized spacial score (nSPS) is 17.5. The third-order valence-corrected chi connectivity index (χ3v) is 4.77. The van der Waals surface area contributed by atoms with E-state index in [1.807, 2.05) is 18.2 Å². The number of hydrogen-bond donors (Lipinski definition) is 2.